The van der Waals surface area contributed by atoms with Crippen molar-refractivity contribution < 1.29 is 22.6 Å². The second kappa shape index (κ2) is 5.50. The maximum absolute atomic E-state index is 13.0. The van der Waals surface area contributed by atoms with Crippen LogP contribution < -0.4 is 14.4 Å². The number of fused-ring (bicyclic) bond motifs is 1. The summed E-state index contributed by atoms with van der Waals surface area (Å²) in [4.78, 5) is 13.8. The summed E-state index contributed by atoms with van der Waals surface area (Å²) in [5, 5.41) is 0. The van der Waals surface area contributed by atoms with Crippen LogP contribution in [0.1, 0.15) is 11.1 Å². The summed E-state index contributed by atoms with van der Waals surface area (Å²) in [6, 6.07) is 1.24. The van der Waals surface area contributed by atoms with Crippen molar-refractivity contribution in [2.75, 3.05) is 24.6 Å². The Bertz CT molecular complexity index is 763. The smallest absolute Gasteiger partial charge is 0.421 e. The van der Waals surface area contributed by atoms with Gasteiger partial charge in [-0.05, 0) is 6.07 Å². The molecular formula is C15H13F3N4O2. The quantitative estimate of drug-likeness (QED) is 0.854. The number of anilines is 1. The highest BCUT2D eigenvalue weighted by Crippen LogP contribution is 2.37. The lowest BCUT2D eigenvalue weighted by molar-refractivity contribution is -0.139. The van der Waals surface area contributed by atoms with Gasteiger partial charge in [-0.2, -0.15) is 13.2 Å². The zero-order chi connectivity index (χ0) is 16.7. The first kappa shape index (κ1) is 15.0. The van der Waals surface area contributed by atoms with Crippen molar-refractivity contribution in [1.82, 2.24) is 15.0 Å². The number of aromatic nitrogens is 3. The maximum atomic E-state index is 13.0. The van der Waals surface area contributed by atoms with Crippen LogP contribution in [0, 0.1) is 0 Å². The molecule has 0 spiro atoms. The van der Waals surface area contributed by atoms with Gasteiger partial charge in [0.25, 0.3) is 0 Å². The third kappa shape index (κ3) is 2.59. The molecule has 1 saturated heterocycles. The standard InChI is InChI=1S/C15H13F3N4O2/c16-15(17,18)11-5-19-3-1-12(11)24-9-6-22(7-9)13-10-2-4-23-14(10)21-8-20-13/h1,3,5,8-9H,2,4,6-7H2. The molecule has 0 unspecified atom stereocenters. The Hall–Kier alpha value is -2.58. The summed E-state index contributed by atoms with van der Waals surface area (Å²) in [6.07, 6.45) is -0.594. The molecule has 9 heteroatoms. The largest absolute Gasteiger partial charge is 0.486 e. The molecule has 0 saturated carbocycles. The van der Waals surface area contributed by atoms with Crippen LogP contribution in [-0.2, 0) is 12.6 Å². The Kier molecular flexibility index (Phi) is 3.43. The lowest BCUT2D eigenvalue weighted by Gasteiger charge is -2.40. The maximum Gasteiger partial charge on any atom is 0.421 e. The van der Waals surface area contributed by atoms with Gasteiger partial charge in [0.1, 0.15) is 29.6 Å². The van der Waals surface area contributed by atoms with E-state index in [0.717, 1.165) is 24.0 Å². The second-order valence-corrected chi connectivity index (χ2v) is 5.59. The summed E-state index contributed by atoms with van der Waals surface area (Å²) in [6.45, 7) is 1.49. The summed E-state index contributed by atoms with van der Waals surface area (Å²) in [5.74, 6) is 1.15. The number of alkyl halides is 3. The minimum atomic E-state index is -4.49. The number of ether oxygens (including phenoxy) is 2. The second-order valence-electron chi connectivity index (χ2n) is 5.59. The highest BCUT2D eigenvalue weighted by atomic mass is 19.4. The Morgan fingerprint density at radius 1 is 1.25 bits per heavy atom. The normalized spacial score (nSPS) is 17.2. The number of halogens is 3. The third-order valence-corrected chi connectivity index (χ3v) is 4.00. The molecule has 0 radical (unpaired) electrons. The minimum absolute atomic E-state index is 0.196. The van der Waals surface area contributed by atoms with Crippen LogP contribution in [0.5, 0.6) is 11.6 Å². The van der Waals surface area contributed by atoms with Crippen molar-refractivity contribution in [2.45, 2.75) is 18.7 Å². The van der Waals surface area contributed by atoms with Crippen LogP contribution in [0.2, 0.25) is 0 Å². The van der Waals surface area contributed by atoms with Crippen LogP contribution in [0.3, 0.4) is 0 Å². The van der Waals surface area contributed by atoms with Crippen LogP contribution in [-0.4, -0.2) is 40.8 Å². The predicted molar refractivity (Wildman–Crippen MR) is 77.1 cm³/mol. The highest BCUT2D eigenvalue weighted by molar-refractivity contribution is 5.54. The van der Waals surface area contributed by atoms with E-state index in [0.29, 0.717) is 25.6 Å². The van der Waals surface area contributed by atoms with E-state index >= 15 is 0 Å². The highest BCUT2D eigenvalue weighted by Gasteiger charge is 2.38. The van der Waals surface area contributed by atoms with E-state index in [4.69, 9.17) is 9.47 Å². The first-order valence-electron chi connectivity index (χ1n) is 7.42. The first-order chi connectivity index (χ1) is 11.5. The average Bonchev–Trinajstić information content (AvgIpc) is 2.98. The summed E-state index contributed by atoms with van der Waals surface area (Å²) in [5.41, 5.74) is 0.0793. The Morgan fingerprint density at radius 2 is 2.08 bits per heavy atom. The van der Waals surface area contributed by atoms with Gasteiger partial charge in [0.15, 0.2) is 0 Å². The lowest BCUT2D eigenvalue weighted by Crippen LogP contribution is -2.54. The van der Waals surface area contributed by atoms with E-state index in [9.17, 15) is 13.2 Å². The molecule has 6 nitrogen and oxygen atoms in total. The fraction of sp³-hybridized carbons (Fsp3) is 0.400. The molecule has 2 aromatic rings. The van der Waals surface area contributed by atoms with Crippen LogP contribution >= 0.6 is 0 Å². The van der Waals surface area contributed by atoms with Crippen LogP contribution in [0.25, 0.3) is 0 Å². The number of rotatable bonds is 3. The van der Waals surface area contributed by atoms with Crippen LogP contribution in [0.15, 0.2) is 24.8 Å². The lowest BCUT2D eigenvalue weighted by atomic mass is 10.1. The minimum Gasteiger partial charge on any atom is -0.486 e. The van der Waals surface area contributed by atoms with Crippen molar-refractivity contribution in [2.24, 2.45) is 0 Å². The molecule has 1 fully saturated rings. The van der Waals surface area contributed by atoms with E-state index in [1.807, 2.05) is 4.90 Å². The molecule has 126 valence electrons. The molecule has 0 bridgehead atoms. The van der Waals surface area contributed by atoms with E-state index in [2.05, 4.69) is 15.0 Å². The van der Waals surface area contributed by atoms with Crippen molar-refractivity contribution in [3.05, 3.63) is 35.9 Å². The van der Waals surface area contributed by atoms with Gasteiger partial charge >= 0.3 is 6.18 Å². The molecule has 4 heterocycles. The fourth-order valence-corrected chi connectivity index (χ4v) is 2.82. The van der Waals surface area contributed by atoms with Gasteiger partial charge in [-0.3, -0.25) is 4.98 Å². The van der Waals surface area contributed by atoms with Gasteiger partial charge in [-0.1, -0.05) is 0 Å². The summed E-state index contributed by atoms with van der Waals surface area (Å²) in [7, 11) is 0. The van der Waals surface area contributed by atoms with Gasteiger partial charge in [0.2, 0.25) is 5.88 Å². The van der Waals surface area contributed by atoms with Crippen LogP contribution in [0.4, 0.5) is 19.0 Å². The number of pyridine rings is 1. The third-order valence-electron chi connectivity index (χ3n) is 4.00. The van der Waals surface area contributed by atoms with E-state index in [1.54, 1.807) is 0 Å². The molecule has 2 aliphatic rings. The Morgan fingerprint density at radius 3 is 2.88 bits per heavy atom. The SMILES string of the molecule is FC(F)(F)c1cnccc1OC1CN(c2ncnc3c2CCO3)C1. The molecule has 2 aromatic heterocycles. The van der Waals surface area contributed by atoms with Gasteiger partial charge in [0, 0.05) is 18.8 Å². The summed E-state index contributed by atoms with van der Waals surface area (Å²) >= 11 is 0. The van der Waals surface area contributed by atoms with Crippen molar-refractivity contribution in [3.63, 3.8) is 0 Å². The van der Waals surface area contributed by atoms with Gasteiger partial charge in [0.05, 0.1) is 25.3 Å². The molecule has 0 N–H and O–H groups in total. The van der Waals surface area contributed by atoms with E-state index in [-0.39, 0.29) is 11.9 Å². The zero-order valence-electron chi connectivity index (χ0n) is 12.5. The number of nitrogens with zero attached hydrogens (tertiary/aromatic N) is 4. The molecule has 0 atom stereocenters. The molecule has 4 rings (SSSR count). The van der Waals surface area contributed by atoms with Crippen molar-refractivity contribution in [3.8, 4) is 11.6 Å². The Labute approximate surface area is 135 Å². The van der Waals surface area contributed by atoms with Crippen molar-refractivity contribution in [1.29, 1.82) is 0 Å². The zero-order valence-corrected chi connectivity index (χ0v) is 12.5. The summed E-state index contributed by atoms with van der Waals surface area (Å²) < 4.78 is 49.7. The van der Waals surface area contributed by atoms with Gasteiger partial charge in [-0.15, -0.1) is 0 Å². The fourth-order valence-electron chi connectivity index (χ4n) is 2.82. The predicted octanol–water partition coefficient (Wildman–Crippen LogP) is 2.09. The molecule has 0 aromatic carbocycles. The number of hydrogen-bond acceptors (Lipinski definition) is 6. The Balaban J connectivity index is 1.46. The molecule has 2 aliphatic heterocycles. The topological polar surface area (TPSA) is 60.4 Å². The molecule has 24 heavy (non-hydrogen) atoms. The van der Waals surface area contributed by atoms with Gasteiger partial charge < -0.3 is 14.4 Å². The number of hydrogen-bond donors (Lipinski definition) is 0. The monoisotopic (exact) mass is 338 g/mol. The average molecular weight is 338 g/mol. The van der Waals surface area contributed by atoms with Crippen molar-refractivity contribution >= 4 is 5.82 Å². The molecular weight excluding hydrogens is 325 g/mol. The van der Waals surface area contributed by atoms with E-state index in [1.165, 1.54) is 18.6 Å². The molecule has 0 amide bonds. The van der Waals surface area contributed by atoms with E-state index < -0.39 is 11.7 Å². The molecule has 0 aliphatic carbocycles. The van der Waals surface area contributed by atoms with Gasteiger partial charge in [-0.25, -0.2) is 9.97 Å². The first-order valence-corrected chi connectivity index (χ1v) is 7.42.